The fraction of sp³-hybridized carbons (Fsp3) is 0.462. The molecule has 1 aromatic rings. The number of carboxylic acid groups (broad SMARTS) is 1. The van der Waals surface area contributed by atoms with E-state index in [1.807, 2.05) is 0 Å². The second-order valence-electron chi connectivity index (χ2n) is 4.75. The van der Waals surface area contributed by atoms with Gasteiger partial charge in [0, 0.05) is 26.0 Å². The summed E-state index contributed by atoms with van der Waals surface area (Å²) in [7, 11) is 1.74. The van der Waals surface area contributed by atoms with E-state index in [0.717, 1.165) is 6.54 Å². The fourth-order valence-electron chi connectivity index (χ4n) is 2.04. The third-order valence-corrected chi connectivity index (χ3v) is 3.34. The first kappa shape index (κ1) is 12.5. The number of aromatic nitrogens is 1. The summed E-state index contributed by atoms with van der Waals surface area (Å²) in [5, 5.41) is 8.86. The molecule has 1 amide bonds. The monoisotopic (exact) mass is 248 g/mol. The van der Waals surface area contributed by atoms with Gasteiger partial charge in [0.05, 0.1) is 11.1 Å². The Balaban J connectivity index is 2.07. The van der Waals surface area contributed by atoms with Crippen LogP contribution in [0.5, 0.6) is 0 Å². The first-order chi connectivity index (χ1) is 8.58. The molecule has 2 rings (SSSR count). The maximum atomic E-state index is 12.1. The summed E-state index contributed by atoms with van der Waals surface area (Å²) >= 11 is 0. The lowest BCUT2D eigenvalue weighted by Gasteiger charge is -2.30. The molecular weight excluding hydrogens is 232 g/mol. The van der Waals surface area contributed by atoms with Gasteiger partial charge in [-0.25, -0.2) is 4.79 Å². The molecule has 0 saturated heterocycles. The average Bonchev–Trinajstić information content (AvgIpc) is 2.32. The van der Waals surface area contributed by atoms with Crippen molar-refractivity contribution in [2.75, 3.05) is 13.6 Å². The predicted octanol–water partition coefficient (Wildman–Crippen LogP) is 1.65. The van der Waals surface area contributed by atoms with Gasteiger partial charge < -0.3 is 10.0 Å². The molecular formula is C13H16N2O3. The van der Waals surface area contributed by atoms with Crippen LogP contribution in [0.3, 0.4) is 0 Å². The zero-order valence-electron chi connectivity index (χ0n) is 10.3. The summed E-state index contributed by atoms with van der Waals surface area (Å²) in [6.07, 6.45) is 6.23. The lowest BCUT2D eigenvalue weighted by Crippen LogP contribution is -2.34. The van der Waals surface area contributed by atoms with Crippen molar-refractivity contribution in [1.82, 2.24) is 9.88 Å². The number of carboxylic acids is 1. The van der Waals surface area contributed by atoms with Gasteiger partial charge in [-0.2, -0.15) is 0 Å². The lowest BCUT2D eigenvalue weighted by molar-refractivity contribution is 0.0696. The van der Waals surface area contributed by atoms with Gasteiger partial charge in [-0.05, 0) is 24.8 Å². The Labute approximate surface area is 105 Å². The number of rotatable bonds is 4. The van der Waals surface area contributed by atoms with Crippen LogP contribution in [-0.4, -0.2) is 40.5 Å². The Morgan fingerprint density at radius 1 is 1.39 bits per heavy atom. The Kier molecular flexibility index (Phi) is 3.60. The van der Waals surface area contributed by atoms with Gasteiger partial charge in [-0.15, -0.1) is 0 Å². The minimum absolute atomic E-state index is 0.0397. The Morgan fingerprint density at radius 3 is 2.61 bits per heavy atom. The summed E-state index contributed by atoms with van der Waals surface area (Å²) in [6.45, 7) is 0.732. The molecule has 1 aromatic heterocycles. The molecule has 1 N–H and O–H groups in total. The van der Waals surface area contributed by atoms with Crippen molar-refractivity contribution >= 4 is 11.9 Å². The molecule has 0 bridgehead atoms. The molecule has 1 saturated carbocycles. The van der Waals surface area contributed by atoms with Crippen molar-refractivity contribution in [3.63, 3.8) is 0 Å². The number of carbonyl (C=O) groups is 2. The number of hydrogen-bond donors (Lipinski definition) is 1. The van der Waals surface area contributed by atoms with Gasteiger partial charge in [-0.3, -0.25) is 9.78 Å². The summed E-state index contributed by atoms with van der Waals surface area (Å²) < 4.78 is 0. The molecule has 0 atom stereocenters. The van der Waals surface area contributed by atoms with Gasteiger partial charge in [0.2, 0.25) is 0 Å². The van der Waals surface area contributed by atoms with E-state index in [1.54, 1.807) is 11.9 Å². The first-order valence-electron chi connectivity index (χ1n) is 6.01. The zero-order valence-corrected chi connectivity index (χ0v) is 10.3. The lowest BCUT2D eigenvalue weighted by atomic mass is 9.85. The second kappa shape index (κ2) is 5.16. The Bertz CT molecular complexity index is 469. The zero-order chi connectivity index (χ0) is 13.1. The standard InChI is InChI=1S/C13H16N2O3/c1-15(8-9-3-2-4-9)12(16)10-5-11(13(17)18)7-14-6-10/h5-7,9H,2-4,8H2,1H3,(H,17,18). The van der Waals surface area contributed by atoms with Crippen LogP contribution in [-0.2, 0) is 0 Å². The van der Waals surface area contributed by atoms with Gasteiger partial charge in [-0.1, -0.05) is 6.42 Å². The van der Waals surface area contributed by atoms with E-state index in [2.05, 4.69) is 4.98 Å². The summed E-state index contributed by atoms with van der Waals surface area (Å²) in [6, 6.07) is 1.37. The SMILES string of the molecule is CN(CC1CCC1)C(=O)c1cncc(C(=O)O)c1. The Hall–Kier alpha value is -1.91. The molecule has 0 aliphatic heterocycles. The second-order valence-corrected chi connectivity index (χ2v) is 4.75. The molecule has 5 nitrogen and oxygen atoms in total. The highest BCUT2D eigenvalue weighted by molar-refractivity contribution is 5.96. The highest BCUT2D eigenvalue weighted by atomic mass is 16.4. The van der Waals surface area contributed by atoms with E-state index >= 15 is 0 Å². The molecule has 1 fully saturated rings. The quantitative estimate of drug-likeness (QED) is 0.879. The van der Waals surface area contributed by atoms with Crippen molar-refractivity contribution in [3.05, 3.63) is 29.6 Å². The van der Waals surface area contributed by atoms with Crippen molar-refractivity contribution in [3.8, 4) is 0 Å². The highest BCUT2D eigenvalue weighted by Gasteiger charge is 2.22. The van der Waals surface area contributed by atoms with E-state index in [1.165, 1.54) is 37.7 Å². The van der Waals surface area contributed by atoms with Crippen molar-refractivity contribution in [2.24, 2.45) is 5.92 Å². The van der Waals surface area contributed by atoms with E-state index in [-0.39, 0.29) is 11.5 Å². The number of carbonyl (C=O) groups excluding carboxylic acids is 1. The Morgan fingerprint density at radius 2 is 2.06 bits per heavy atom. The molecule has 0 spiro atoms. The van der Waals surface area contributed by atoms with Crippen LogP contribution in [0.4, 0.5) is 0 Å². The fourth-order valence-corrected chi connectivity index (χ4v) is 2.04. The van der Waals surface area contributed by atoms with Gasteiger partial charge in [0.1, 0.15) is 0 Å². The van der Waals surface area contributed by atoms with Crippen LogP contribution in [0.1, 0.15) is 40.0 Å². The van der Waals surface area contributed by atoms with E-state index in [0.29, 0.717) is 11.5 Å². The van der Waals surface area contributed by atoms with E-state index in [4.69, 9.17) is 5.11 Å². The van der Waals surface area contributed by atoms with Crippen LogP contribution in [0, 0.1) is 5.92 Å². The largest absolute Gasteiger partial charge is 0.478 e. The third-order valence-electron chi connectivity index (χ3n) is 3.34. The maximum Gasteiger partial charge on any atom is 0.337 e. The number of nitrogens with zero attached hydrogens (tertiary/aromatic N) is 2. The molecule has 0 radical (unpaired) electrons. The number of hydrogen-bond acceptors (Lipinski definition) is 3. The number of pyridine rings is 1. The smallest absolute Gasteiger partial charge is 0.337 e. The molecule has 5 heteroatoms. The van der Waals surface area contributed by atoms with Crippen LogP contribution < -0.4 is 0 Å². The topological polar surface area (TPSA) is 70.5 Å². The summed E-state index contributed by atoms with van der Waals surface area (Å²) in [5.74, 6) is -0.647. The first-order valence-corrected chi connectivity index (χ1v) is 6.01. The maximum absolute atomic E-state index is 12.1. The van der Waals surface area contributed by atoms with Crippen LogP contribution in [0.2, 0.25) is 0 Å². The molecule has 18 heavy (non-hydrogen) atoms. The van der Waals surface area contributed by atoms with E-state index < -0.39 is 5.97 Å². The molecule has 1 aliphatic carbocycles. The van der Waals surface area contributed by atoms with Crippen LogP contribution >= 0.6 is 0 Å². The van der Waals surface area contributed by atoms with Gasteiger partial charge in [0.25, 0.3) is 5.91 Å². The number of aromatic carboxylic acids is 1. The molecule has 0 aromatic carbocycles. The van der Waals surface area contributed by atoms with Crippen LogP contribution in [0.15, 0.2) is 18.5 Å². The minimum Gasteiger partial charge on any atom is -0.478 e. The van der Waals surface area contributed by atoms with Crippen molar-refractivity contribution < 1.29 is 14.7 Å². The third kappa shape index (κ3) is 2.67. The molecule has 1 heterocycles. The molecule has 0 unspecified atom stereocenters. The normalized spacial score (nSPS) is 14.9. The average molecular weight is 248 g/mol. The van der Waals surface area contributed by atoms with Crippen molar-refractivity contribution in [2.45, 2.75) is 19.3 Å². The van der Waals surface area contributed by atoms with Crippen molar-refractivity contribution in [1.29, 1.82) is 0 Å². The van der Waals surface area contributed by atoms with Gasteiger partial charge >= 0.3 is 5.97 Å². The summed E-state index contributed by atoms with van der Waals surface area (Å²) in [4.78, 5) is 28.3. The van der Waals surface area contributed by atoms with E-state index in [9.17, 15) is 9.59 Å². The minimum atomic E-state index is -1.07. The molecule has 96 valence electrons. The summed E-state index contributed by atoms with van der Waals surface area (Å²) in [5.41, 5.74) is 0.370. The predicted molar refractivity (Wildman–Crippen MR) is 65.5 cm³/mol. The molecule has 1 aliphatic rings. The number of amides is 1. The van der Waals surface area contributed by atoms with Crippen LogP contribution in [0.25, 0.3) is 0 Å². The highest BCUT2D eigenvalue weighted by Crippen LogP contribution is 2.27. The van der Waals surface area contributed by atoms with Gasteiger partial charge in [0.15, 0.2) is 0 Å².